The molecular weight excluding hydrogens is 168 g/mol. The van der Waals surface area contributed by atoms with Gasteiger partial charge in [-0.05, 0) is 6.92 Å². The van der Waals surface area contributed by atoms with E-state index in [4.69, 9.17) is 12.2 Å². The summed E-state index contributed by atoms with van der Waals surface area (Å²) in [5, 5.41) is 9.37. The third-order valence-electron chi connectivity index (χ3n) is 2.03. The Bertz CT molecular complexity index is 247. The summed E-state index contributed by atoms with van der Waals surface area (Å²) in [6, 6.07) is -0.624. The second-order valence-electron chi connectivity index (χ2n) is 3.71. The molecule has 1 saturated heterocycles. The predicted octanol–water partition coefficient (Wildman–Crippen LogP) is -1.07. The van der Waals surface area contributed by atoms with Crippen LogP contribution in [0.25, 0.3) is 0 Å². The third kappa shape index (κ3) is 2.20. The molecule has 72 valence electrons. The van der Waals surface area contributed by atoms with E-state index in [1.54, 1.807) is 6.92 Å². The van der Waals surface area contributed by atoms with Gasteiger partial charge in [0.1, 0.15) is 0 Å². The Morgan fingerprint density at radius 3 is 2.77 bits per heavy atom. The molecule has 0 aromatic heterocycles. The van der Waals surface area contributed by atoms with Crippen LogP contribution in [0, 0.1) is 12.3 Å². The molecule has 0 bridgehead atoms. The lowest BCUT2D eigenvalue weighted by atomic mass is 9.96. The van der Waals surface area contributed by atoms with Gasteiger partial charge in [-0.3, -0.25) is 4.79 Å². The van der Waals surface area contributed by atoms with Crippen molar-refractivity contribution in [3.63, 3.8) is 0 Å². The zero-order valence-corrected chi connectivity index (χ0v) is 7.66. The highest BCUT2D eigenvalue weighted by Crippen LogP contribution is 2.20. The smallest absolute Gasteiger partial charge is 0.240 e. The van der Waals surface area contributed by atoms with Crippen LogP contribution in [0.1, 0.15) is 13.3 Å². The molecule has 3 N–H and O–H groups in total. The third-order valence-corrected chi connectivity index (χ3v) is 2.03. The number of β-amino-alcohol motifs (C(OH)–C–C–N with tert-alkyl or cyclic N) is 1. The molecule has 0 radical (unpaired) electrons. The maximum absolute atomic E-state index is 11.4. The number of hydrogen-bond acceptors (Lipinski definition) is 3. The second-order valence-corrected chi connectivity index (χ2v) is 3.71. The Hall–Kier alpha value is -1.05. The quantitative estimate of drug-likeness (QED) is 0.534. The Balaban J connectivity index is 2.39. The van der Waals surface area contributed by atoms with Crippen LogP contribution in [0.5, 0.6) is 0 Å². The van der Waals surface area contributed by atoms with Crippen molar-refractivity contribution in [2.24, 2.45) is 5.73 Å². The van der Waals surface area contributed by atoms with Gasteiger partial charge < -0.3 is 15.7 Å². The molecule has 1 heterocycles. The minimum absolute atomic E-state index is 0.176. The molecule has 1 fully saturated rings. The monoisotopic (exact) mass is 182 g/mol. The number of nitrogens with two attached hydrogens (primary N) is 1. The Labute approximate surface area is 77.7 Å². The number of likely N-dealkylation sites (tertiary alicyclic amines) is 1. The summed E-state index contributed by atoms with van der Waals surface area (Å²) in [6.45, 7) is 2.39. The van der Waals surface area contributed by atoms with E-state index in [9.17, 15) is 9.90 Å². The summed E-state index contributed by atoms with van der Waals surface area (Å²) in [6.07, 6.45) is 5.28. The van der Waals surface area contributed by atoms with Crippen LogP contribution in [-0.4, -0.2) is 40.6 Å². The van der Waals surface area contributed by atoms with E-state index in [-0.39, 0.29) is 12.3 Å². The molecule has 0 aromatic rings. The lowest BCUT2D eigenvalue weighted by molar-refractivity contribution is -0.153. The molecule has 1 rings (SSSR count). The average molecular weight is 182 g/mol. The molecule has 1 amide bonds. The molecule has 1 atom stereocenters. The minimum Gasteiger partial charge on any atom is -0.386 e. The first-order valence-corrected chi connectivity index (χ1v) is 4.16. The van der Waals surface area contributed by atoms with Gasteiger partial charge in [0, 0.05) is 6.42 Å². The van der Waals surface area contributed by atoms with Crippen LogP contribution in [0.2, 0.25) is 0 Å². The molecule has 4 nitrogen and oxygen atoms in total. The largest absolute Gasteiger partial charge is 0.386 e. The van der Waals surface area contributed by atoms with Crippen LogP contribution in [0.15, 0.2) is 0 Å². The zero-order chi connectivity index (χ0) is 10.1. The molecular formula is C9H14N2O2. The van der Waals surface area contributed by atoms with Gasteiger partial charge in [-0.2, -0.15) is 0 Å². The number of carbonyl (C=O) groups excluding carboxylic acids is 1. The first-order valence-electron chi connectivity index (χ1n) is 4.16. The van der Waals surface area contributed by atoms with Crippen molar-refractivity contribution in [2.45, 2.75) is 25.0 Å². The summed E-state index contributed by atoms with van der Waals surface area (Å²) < 4.78 is 0. The van der Waals surface area contributed by atoms with E-state index >= 15 is 0 Å². The van der Waals surface area contributed by atoms with Crippen LogP contribution in [0.4, 0.5) is 0 Å². The summed E-state index contributed by atoms with van der Waals surface area (Å²) >= 11 is 0. The lowest BCUT2D eigenvalue weighted by Gasteiger charge is -2.44. The van der Waals surface area contributed by atoms with Crippen LogP contribution in [0.3, 0.4) is 0 Å². The number of hydrogen-bond donors (Lipinski definition) is 2. The summed E-state index contributed by atoms with van der Waals surface area (Å²) in [5.41, 5.74) is 4.77. The van der Waals surface area contributed by atoms with Crippen molar-refractivity contribution in [3.05, 3.63) is 0 Å². The number of nitrogens with zero attached hydrogens (tertiary/aromatic N) is 1. The molecule has 13 heavy (non-hydrogen) atoms. The Morgan fingerprint density at radius 2 is 2.38 bits per heavy atom. The van der Waals surface area contributed by atoms with E-state index in [0.717, 1.165) is 0 Å². The van der Waals surface area contributed by atoms with Crippen LogP contribution in [-0.2, 0) is 4.79 Å². The second kappa shape index (κ2) is 3.36. The van der Waals surface area contributed by atoms with Gasteiger partial charge in [0.15, 0.2) is 0 Å². The molecule has 0 aromatic carbocycles. The highest BCUT2D eigenvalue weighted by atomic mass is 16.3. The molecule has 1 aliphatic rings. The van der Waals surface area contributed by atoms with Gasteiger partial charge in [0.25, 0.3) is 0 Å². The van der Waals surface area contributed by atoms with Crippen molar-refractivity contribution in [3.8, 4) is 12.3 Å². The molecule has 1 unspecified atom stereocenters. The zero-order valence-electron chi connectivity index (χ0n) is 7.66. The number of terminal acetylenes is 1. The molecule has 0 saturated carbocycles. The number of aliphatic hydroxyl groups is 1. The van der Waals surface area contributed by atoms with Gasteiger partial charge in [-0.25, -0.2) is 0 Å². The summed E-state index contributed by atoms with van der Waals surface area (Å²) in [5.74, 6) is 2.16. The first-order chi connectivity index (χ1) is 5.96. The fraction of sp³-hybridized carbons (Fsp3) is 0.667. The fourth-order valence-electron chi connectivity index (χ4n) is 1.38. The number of rotatable bonds is 2. The van der Waals surface area contributed by atoms with Crippen molar-refractivity contribution in [2.75, 3.05) is 13.1 Å². The first kappa shape index (κ1) is 10.0. The maximum atomic E-state index is 11.4. The summed E-state index contributed by atoms with van der Waals surface area (Å²) in [4.78, 5) is 12.9. The SMILES string of the molecule is C#CCC(N)C(=O)N1CC(C)(O)C1. The minimum atomic E-state index is -0.745. The van der Waals surface area contributed by atoms with Crippen molar-refractivity contribution < 1.29 is 9.90 Å². The van der Waals surface area contributed by atoms with E-state index in [2.05, 4.69) is 5.92 Å². The number of carbonyl (C=O) groups is 1. The predicted molar refractivity (Wildman–Crippen MR) is 48.6 cm³/mol. The Morgan fingerprint density at radius 1 is 1.85 bits per heavy atom. The van der Waals surface area contributed by atoms with Gasteiger partial charge in [-0.1, -0.05) is 0 Å². The van der Waals surface area contributed by atoms with Gasteiger partial charge >= 0.3 is 0 Å². The van der Waals surface area contributed by atoms with Crippen LogP contribution < -0.4 is 5.73 Å². The van der Waals surface area contributed by atoms with E-state index in [0.29, 0.717) is 13.1 Å². The molecule has 0 aliphatic carbocycles. The van der Waals surface area contributed by atoms with Crippen LogP contribution >= 0.6 is 0 Å². The standard InChI is InChI=1S/C9H14N2O2/c1-3-4-7(10)8(12)11-5-9(2,13)6-11/h1,7,13H,4-6,10H2,2H3. The van der Waals surface area contributed by atoms with E-state index in [1.807, 2.05) is 0 Å². The molecule has 0 spiro atoms. The van der Waals surface area contributed by atoms with Crippen molar-refractivity contribution >= 4 is 5.91 Å². The van der Waals surface area contributed by atoms with Crippen molar-refractivity contribution in [1.29, 1.82) is 0 Å². The fourth-order valence-corrected chi connectivity index (χ4v) is 1.38. The van der Waals surface area contributed by atoms with Gasteiger partial charge in [0.2, 0.25) is 5.91 Å². The maximum Gasteiger partial charge on any atom is 0.240 e. The van der Waals surface area contributed by atoms with Gasteiger partial charge in [0.05, 0.1) is 24.7 Å². The summed E-state index contributed by atoms with van der Waals surface area (Å²) in [7, 11) is 0. The normalized spacial score (nSPS) is 21.5. The average Bonchev–Trinajstić information content (AvgIpc) is 1.99. The lowest BCUT2D eigenvalue weighted by Crippen LogP contribution is -2.64. The highest BCUT2D eigenvalue weighted by Gasteiger charge is 2.40. The highest BCUT2D eigenvalue weighted by molar-refractivity contribution is 5.83. The van der Waals surface area contributed by atoms with E-state index in [1.165, 1.54) is 4.90 Å². The van der Waals surface area contributed by atoms with E-state index < -0.39 is 11.6 Å². The van der Waals surface area contributed by atoms with Gasteiger partial charge in [-0.15, -0.1) is 12.3 Å². The topological polar surface area (TPSA) is 66.6 Å². The number of amides is 1. The molecule has 4 heteroatoms. The van der Waals surface area contributed by atoms with Crippen molar-refractivity contribution in [1.82, 2.24) is 4.90 Å². The Kier molecular flexibility index (Phi) is 2.60. The molecule has 1 aliphatic heterocycles.